The van der Waals surface area contributed by atoms with Crippen molar-refractivity contribution >= 4 is 0 Å². The summed E-state index contributed by atoms with van der Waals surface area (Å²) in [5, 5.41) is 10.5. The van der Waals surface area contributed by atoms with Gasteiger partial charge in [0, 0.05) is 0 Å². The second kappa shape index (κ2) is 4.65. The molecule has 0 radical (unpaired) electrons. The van der Waals surface area contributed by atoms with Gasteiger partial charge >= 0.3 is 0 Å². The van der Waals surface area contributed by atoms with E-state index in [4.69, 9.17) is 0 Å². The molecule has 0 aromatic carbocycles. The molecule has 1 aliphatic carbocycles. The molecule has 1 nitrogen and oxygen atoms in total. The molecule has 84 valence electrons. The van der Waals surface area contributed by atoms with Gasteiger partial charge in [-0.15, -0.1) is 0 Å². The second-order valence-electron chi connectivity index (χ2n) is 5.82. The van der Waals surface area contributed by atoms with Gasteiger partial charge in [0.25, 0.3) is 0 Å². The molecule has 1 saturated carbocycles. The highest BCUT2D eigenvalue weighted by molar-refractivity contribution is 4.89. The maximum atomic E-state index is 10.5. The molecule has 0 bridgehead atoms. The zero-order valence-corrected chi connectivity index (χ0v) is 10.2. The summed E-state index contributed by atoms with van der Waals surface area (Å²) >= 11 is 0. The van der Waals surface area contributed by atoms with E-state index >= 15 is 0 Å². The molecule has 3 atom stereocenters. The third kappa shape index (κ3) is 2.98. The molecule has 1 heteroatoms. The van der Waals surface area contributed by atoms with Crippen molar-refractivity contribution in [3.05, 3.63) is 0 Å². The highest BCUT2D eigenvalue weighted by atomic mass is 16.3. The van der Waals surface area contributed by atoms with E-state index in [0.717, 1.165) is 25.2 Å². The van der Waals surface area contributed by atoms with Crippen molar-refractivity contribution in [1.29, 1.82) is 0 Å². The normalized spacial score (nSPS) is 39.0. The highest BCUT2D eigenvalue weighted by Gasteiger charge is 2.37. The zero-order valence-electron chi connectivity index (χ0n) is 10.2. The van der Waals surface area contributed by atoms with Crippen LogP contribution in [-0.4, -0.2) is 10.7 Å². The molecule has 0 spiro atoms. The Morgan fingerprint density at radius 2 is 2.00 bits per heavy atom. The maximum Gasteiger partial charge on any atom is 0.0673 e. The molecular formula is C13H26O. The SMILES string of the molecule is CC(C)CCC1(O)CCC(C)CC1C. The predicted octanol–water partition coefficient (Wildman–Crippen LogP) is 3.61. The lowest BCUT2D eigenvalue weighted by Gasteiger charge is -2.41. The zero-order chi connectivity index (χ0) is 10.8. The van der Waals surface area contributed by atoms with E-state index in [0.29, 0.717) is 11.8 Å². The molecule has 0 aliphatic heterocycles. The van der Waals surface area contributed by atoms with Crippen LogP contribution in [0.3, 0.4) is 0 Å². The van der Waals surface area contributed by atoms with Crippen LogP contribution in [0.2, 0.25) is 0 Å². The predicted molar refractivity (Wildman–Crippen MR) is 61.2 cm³/mol. The Kier molecular flexibility index (Phi) is 4.00. The van der Waals surface area contributed by atoms with Crippen LogP contribution in [0.1, 0.15) is 59.8 Å². The van der Waals surface area contributed by atoms with Gasteiger partial charge in [0.2, 0.25) is 0 Å². The van der Waals surface area contributed by atoms with Crippen LogP contribution >= 0.6 is 0 Å². The number of hydrogen-bond donors (Lipinski definition) is 1. The summed E-state index contributed by atoms with van der Waals surface area (Å²) in [7, 11) is 0. The van der Waals surface area contributed by atoms with Crippen LogP contribution < -0.4 is 0 Å². The molecular weight excluding hydrogens is 172 g/mol. The monoisotopic (exact) mass is 198 g/mol. The Bertz CT molecular complexity index is 176. The lowest BCUT2D eigenvalue weighted by molar-refractivity contribution is -0.0623. The van der Waals surface area contributed by atoms with E-state index < -0.39 is 0 Å². The number of rotatable bonds is 3. The largest absolute Gasteiger partial charge is 0.390 e. The molecule has 0 amide bonds. The first-order valence-electron chi connectivity index (χ1n) is 6.16. The van der Waals surface area contributed by atoms with E-state index in [1.54, 1.807) is 0 Å². The van der Waals surface area contributed by atoms with E-state index in [2.05, 4.69) is 27.7 Å². The first-order chi connectivity index (χ1) is 6.44. The van der Waals surface area contributed by atoms with Crippen molar-refractivity contribution in [1.82, 2.24) is 0 Å². The highest BCUT2D eigenvalue weighted by Crippen LogP contribution is 2.39. The first-order valence-corrected chi connectivity index (χ1v) is 6.16. The van der Waals surface area contributed by atoms with Crippen LogP contribution in [0.15, 0.2) is 0 Å². The van der Waals surface area contributed by atoms with Gasteiger partial charge in [0.15, 0.2) is 0 Å². The molecule has 1 N–H and O–H groups in total. The Labute approximate surface area is 88.9 Å². The summed E-state index contributed by atoms with van der Waals surface area (Å²) in [4.78, 5) is 0. The molecule has 1 rings (SSSR count). The summed E-state index contributed by atoms with van der Waals surface area (Å²) in [5.41, 5.74) is -0.350. The summed E-state index contributed by atoms with van der Waals surface area (Å²) in [5.74, 6) is 2.01. The first kappa shape index (κ1) is 12.0. The van der Waals surface area contributed by atoms with Crippen molar-refractivity contribution in [3.8, 4) is 0 Å². The average Bonchev–Trinajstić information content (AvgIpc) is 2.09. The fourth-order valence-corrected chi connectivity index (χ4v) is 2.59. The molecule has 0 saturated heterocycles. The Hall–Kier alpha value is -0.0400. The topological polar surface area (TPSA) is 20.2 Å². The number of hydrogen-bond acceptors (Lipinski definition) is 1. The van der Waals surface area contributed by atoms with Crippen LogP contribution in [-0.2, 0) is 0 Å². The van der Waals surface area contributed by atoms with Crippen LogP contribution in [0.5, 0.6) is 0 Å². The van der Waals surface area contributed by atoms with Crippen LogP contribution in [0.25, 0.3) is 0 Å². The van der Waals surface area contributed by atoms with Gasteiger partial charge in [-0.3, -0.25) is 0 Å². The van der Waals surface area contributed by atoms with Crippen molar-refractivity contribution in [2.24, 2.45) is 17.8 Å². The van der Waals surface area contributed by atoms with Gasteiger partial charge in [-0.2, -0.15) is 0 Å². The minimum Gasteiger partial charge on any atom is -0.390 e. The van der Waals surface area contributed by atoms with Gasteiger partial charge in [0.05, 0.1) is 5.60 Å². The third-order valence-electron chi connectivity index (χ3n) is 3.90. The summed E-state index contributed by atoms with van der Waals surface area (Å²) in [6.07, 6.45) is 5.59. The summed E-state index contributed by atoms with van der Waals surface area (Å²) in [6, 6.07) is 0. The third-order valence-corrected chi connectivity index (χ3v) is 3.90. The fourth-order valence-electron chi connectivity index (χ4n) is 2.59. The maximum absolute atomic E-state index is 10.5. The van der Waals surface area contributed by atoms with Crippen molar-refractivity contribution in [2.45, 2.75) is 65.4 Å². The van der Waals surface area contributed by atoms with E-state index in [-0.39, 0.29) is 5.60 Å². The Morgan fingerprint density at radius 3 is 2.50 bits per heavy atom. The minimum absolute atomic E-state index is 0.350. The number of aliphatic hydroxyl groups is 1. The van der Waals surface area contributed by atoms with Crippen molar-refractivity contribution in [3.63, 3.8) is 0 Å². The van der Waals surface area contributed by atoms with Crippen molar-refractivity contribution in [2.75, 3.05) is 0 Å². The quantitative estimate of drug-likeness (QED) is 0.734. The molecule has 0 heterocycles. The second-order valence-corrected chi connectivity index (χ2v) is 5.82. The van der Waals surface area contributed by atoms with Gasteiger partial charge in [0.1, 0.15) is 0 Å². The van der Waals surface area contributed by atoms with Gasteiger partial charge in [-0.05, 0) is 49.9 Å². The van der Waals surface area contributed by atoms with Gasteiger partial charge in [-0.1, -0.05) is 27.7 Å². The standard InChI is InChI=1S/C13H26O/c1-10(2)5-7-13(14)8-6-11(3)9-12(13)4/h10-12,14H,5-9H2,1-4H3. The Balaban J connectivity index is 2.46. The fraction of sp³-hybridized carbons (Fsp3) is 1.00. The molecule has 0 aromatic rings. The molecule has 0 aromatic heterocycles. The van der Waals surface area contributed by atoms with Crippen LogP contribution in [0.4, 0.5) is 0 Å². The summed E-state index contributed by atoms with van der Waals surface area (Å²) < 4.78 is 0. The van der Waals surface area contributed by atoms with Crippen molar-refractivity contribution < 1.29 is 5.11 Å². The Morgan fingerprint density at radius 1 is 1.36 bits per heavy atom. The molecule has 14 heavy (non-hydrogen) atoms. The molecule has 3 unspecified atom stereocenters. The molecule has 1 aliphatic rings. The van der Waals surface area contributed by atoms with E-state index in [1.807, 2.05) is 0 Å². The van der Waals surface area contributed by atoms with E-state index in [9.17, 15) is 5.11 Å². The molecule has 1 fully saturated rings. The lowest BCUT2D eigenvalue weighted by Crippen LogP contribution is -2.41. The van der Waals surface area contributed by atoms with Gasteiger partial charge < -0.3 is 5.11 Å². The van der Waals surface area contributed by atoms with Gasteiger partial charge in [-0.25, -0.2) is 0 Å². The minimum atomic E-state index is -0.350. The average molecular weight is 198 g/mol. The van der Waals surface area contributed by atoms with E-state index in [1.165, 1.54) is 12.8 Å². The smallest absolute Gasteiger partial charge is 0.0673 e. The summed E-state index contributed by atoms with van der Waals surface area (Å²) in [6.45, 7) is 8.99. The lowest BCUT2D eigenvalue weighted by atomic mass is 9.70. The van der Waals surface area contributed by atoms with Crippen LogP contribution in [0, 0.1) is 17.8 Å².